The SMILES string of the molecule is C=CC.C=CCc1ccc(NCCNCC)cc1.CC. The van der Waals surface area contributed by atoms with Crippen molar-refractivity contribution < 1.29 is 0 Å². The van der Waals surface area contributed by atoms with Crippen LogP contribution in [0.15, 0.2) is 49.6 Å². The summed E-state index contributed by atoms with van der Waals surface area (Å²) < 4.78 is 0. The van der Waals surface area contributed by atoms with E-state index in [-0.39, 0.29) is 0 Å². The van der Waals surface area contributed by atoms with Crippen LogP contribution >= 0.6 is 0 Å². The fourth-order valence-corrected chi connectivity index (χ4v) is 1.40. The van der Waals surface area contributed by atoms with E-state index in [1.54, 1.807) is 6.08 Å². The van der Waals surface area contributed by atoms with E-state index >= 15 is 0 Å². The van der Waals surface area contributed by atoms with Gasteiger partial charge in [0.05, 0.1) is 0 Å². The zero-order valence-corrected chi connectivity index (χ0v) is 13.7. The van der Waals surface area contributed by atoms with Gasteiger partial charge in [-0.1, -0.05) is 45.1 Å². The second-order valence-electron chi connectivity index (χ2n) is 3.88. The number of hydrogen-bond donors (Lipinski definition) is 2. The molecule has 0 aliphatic carbocycles. The van der Waals surface area contributed by atoms with Gasteiger partial charge < -0.3 is 10.6 Å². The number of allylic oxidation sites excluding steroid dienone is 2. The minimum absolute atomic E-state index is 0.942. The molecule has 2 N–H and O–H groups in total. The molecule has 0 heterocycles. The second kappa shape index (κ2) is 17.5. The Hall–Kier alpha value is -1.54. The summed E-state index contributed by atoms with van der Waals surface area (Å²) in [6, 6.07) is 8.50. The third-order valence-corrected chi connectivity index (χ3v) is 2.21. The van der Waals surface area contributed by atoms with Gasteiger partial charge in [0, 0.05) is 18.8 Å². The van der Waals surface area contributed by atoms with Crippen LogP contribution < -0.4 is 10.6 Å². The van der Waals surface area contributed by atoms with Crippen LogP contribution in [0.4, 0.5) is 5.69 Å². The molecule has 0 aliphatic heterocycles. The van der Waals surface area contributed by atoms with Gasteiger partial charge in [-0.15, -0.1) is 13.2 Å². The first-order valence-corrected chi connectivity index (χ1v) is 7.49. The molecular formula is C18H32N2. The van der Waals surface area contributed by atoms with Crippen LogP contribution in [0.5, 0.6) is 0 Å². The van der Waals surface area contributed by atoms with Gasteiger partial charge in [-0.05, 0) is 37.6 Å². The van der Waals surface area contributed by atoms with Crippen LogP contribution in [0.3, 0.4) is 0 Å². The molecule has 2 nitrogen and oxygen atoms in total. The van der Waals surface area contributed by atoms with Gasteiger partial charge in [-0.3, -0.25) is 0 Å². The van der Waals surface area contributed by atoms with Gasteiger partial charge in [0.25, 0.3) is 0 Å². The van der Waals surface area contributed by atoms with Gasteiger partial charge in [0.15, 0.2) is 0 Å². The van der Waals surface area contributed by atoms with Gasteiger partial charge in [-0.2, -0.15) is 0 Å². The number of benzene rings is 1. The average Bonchev–Trinajstić information content (AvgIpc) is 2.49. The fraction of sp³-hybridized carbons (Fsp3) is 0.444. The summed E-state index contributed by atoms with van der Waals surface area (Å²) in [6.07, 6.45) is 4.62. The molecule has 1 rings (SSSR count). The zero-order chi connectivity index (χ0) is 15.6. The molecule has 0 aromatic heterocycles. The van der Waals surface area contributed by atoms with E-state index in [9.17, 15) is 0 Å². The summed E-state index contributed by atoms with van der Waals surface area (Å²) in [5, 5.41) is 6.63. The van der Waals surface area contributed by atoms with Gasteiger partial charge in [0.1, 0.15) is 0 Å². The zero-order valence-electron chi connectivity index (χ0n) is 13.7. The predicted molar refractivity (Wildman–Crippen MR) is 94.6 cm³/mol. The lowest BCUT2D eigenvalue weighted by Gasteiger charge is -2.07. The minimum Gasteiger partial charge on any atom is -0.384 e. The highest BCUT2D eigenvalue weighted by atomic mass is 14.9. The first kappa shape index (κ1) is 20.8. The topological polar surface area (TPSA) is 24.1 Å². The lowest BCUT2D eigenvalue weighted by molar-refractivity contribution is 0.739. The molecular weight excluding hydrogens is 244 g/mol. The van der Waals surface area contributed by atoms with Crippen molar-refractivity contribution in [3.05, 3.63) is 55.1 Å². The molecule has 2 heteroatoms. The highest BCUT2D eigenvalue weighted by Crippen LogP contribution is 2.09. The molecule has 0 radical (unpaired) electrons. The number of anilines is 1. The number of nitrogens with one attached hydrogen (secondary N) is 2. The summed E-state index contributed by atoms with van der Waals surface area (Å²) in [5.41, 5.74) is 2.49. The maximum atomic E-state index is 3.72. The fourth-order valence-electron chi connectivity index (χ4n) is 1.40. The van der Waals surface area contributed by atoms with E-state index in [0.29, 0.717) is 0 Å². The van der Waals surface area contributed by atoms with Crippen molar-refractivity contribution in [1.29, 1.82) is 0 Å². The predicted octanol–water partition coefficient (Wildman–Crippen LogP) is 4.66. The monoisotopic (exact) mass is 276 g/mol. The van der Waals surface area contributed by atoms with E-state index in [0.717, 1.165) is 26.1 Å². The summed E-state index contributed by atoms with van der Waals surface area (Å²) in [6.45, 7) is 18.1. The van der Waals surface area contributed by atoms with E-state index < -0.39 is 0 Å². The third kappa shape index (κ3) is 12.9. The van der Waals surface area contributed by atoms with Gasteiger partial charge >= 0.3 is 0 Å². The Morgan fingerprint density at radius 3 is 2.05 bits per heavy atom. The van der Waals surface area contributed by atoms with Crippen molar-refractivity contribution in [3.8, 4) is 0 Å². The molecule has 0 saturated carbocycles. The molecule has 0 aliphatic rings. The van der Waals surface area contributed by atoms with Crippen LogP contribution in [-0.2, 0) is 6.42 Å². The number of rotatable bonds is 7. The Bertz CT molecular complexity index is 315. The Morgan fingerprint density at radius 1 is 1.05 bits per heavy atom. The van der Waals surface area contributed by atoms with Crippen molar-refractivity contribution in [2.75, 3.05) is 25.0 Å². The lowest BCUT2D eigenvalue weighted by Crippen LogP contribution is -2.21. The molecule has 20 heavy (non-hydrogen) atoms. The molecule has 0 saturated heterocycles. The van der Waals surface area contributed by atoms with Crippen LogP contribution in [0.1, 0.15) is 33.3 Å². The van der Waals surface area contributed by atoms with E-state index in [2.05, 4.69) is 55.0 Å². The van der Waals surface area contributed by atoms with Crippen molar-refractivity contribution in [1.82, 2.24) is 5.32 Å². The van der Waals surface area contributed by atoms with E-state index in [4.69, 9.17) is 0 Å². The highest BCUT2D eigenvalue weighted by Gasteiger charge is 1.92. The van der Waals surface area contributed by atoms with Crippen LogP contribution in [0.2, 0.25) is 0 Å². The molecule has 0 spiro atoms. The normalized spacial score (nSPS) is 8.40. The summed E-state index contributed by atoms with van der Waals surface area (Å²) >= 11 is 0. The number of hydrogen-bond acceptors (Lipinski definition) is 2. The van der Waals surface area contributed by atoms with Crippen LogP contribution in [0, 0.1) is 0 Å². The summed E-state index contributed by atoms with van der Waals surface area (Å²) in [4.78, 5) is 0. The Balaban J connectivity index is 0. The minimum atomic E-state index is 0.942. The van der Waals surface area contributed by atoms with E-state index in [1.807, 2.05) is 26.8 Å². The largest absolute Gasteiger partial charge is 0.384 e. The van der Waals surface area contributed by atoms with Crippen LogP contribution in [0.25, 0.3) is 0 Å². The Kier molecular flexibility index (Phi) is 18.1. The van der Waals surface area contributed by atoms with Crippen LogP contribution in [-0.4, -0.2) is 19.6 Å². The summed E-state index contributed by atoms with van der Waals surface area (Å²) in [5.74, 6) is 0. The molecule has 0 fully saturated rings. The standard InChI is InChI=1S/C13H20N2.C3H6.C2H6/c1-3-5-12-6-8-13(9-7-12)15-11-10-14-4-2;1-3-2;1-2/h3,6-9,14-15H,1,4-5,10-11H2,2H3;3H,1H2,2H3;1-2H3. The van der Waals surface area contributed by atoms with Gasteiger partial charge in [-0.25, -0.2) is 0 Å². The Labute approximate surface area is 126 Å². The van der Waals surface area contributed by atoms with Crippen molar-refractivity contribution in [2.45, 2.75) is 34.1 Å². The highest BCUT2D eigenvalue weighted by molar-refractivity contribution is 5.44. The van der Waals surface area contributed by atoms with E-state index in [1.165, 1.54) is 11.3 Å². The molecule has 1 aromatic rings. The molecule has 0 bridgehead atoms. The average molecular weight is 276 g/mol. The molecule has 0 unspecified atom stereocenters. The van der Waals surface area contributed by atoms with Gasteiger partial charge in [0.2, 0.25) is 0 Å². The summed E-state index contributed by atoms with van der Waals surface area (Å²) in [7, 11) is 0. The Morgan fingerprint density at radius 2 is 1.60 bits per heavy atom. The smallest absolute Gasteiger partial charge is 0.0340 e. The molecule has 1 aromatic carbocycles. The maximum absolute atomic E-state index is 3.72. The quantitative estimate of drug-likeness (QED) is 0.559. The number of likely N-dealkylation sites (N-methyl/N-ethyl adjacent to an activating group) is 1. The third-order valence-electron chi connectivity index (χ3n) is 2.21. The first-order valence-electron chi connectivity index (χ1n) is 7.49. The van der Waals surface area contributed by atoms with Crippen molar-refractivity contribution >= 4 is 5.69 Å². The maximum Gasteiger partial charge on any atom is 0.0340 e. The van der Waals surface area contributed by atoms with Crippen molar-refractivity contribution in [2.24, 2.45) is 0 Å². The molecule has 0 atom stereocenters. The molecule has 114 valence electrons. The first-order chi connectivity index (χ1) is 9.78. The lowest BCUT2D eigenvalue weighted by atomic mass is 10.1. The second-order valence-corrected chi connectivity index (χ2v) is 3.88. The molecule has 0 amide bonds. The van der Waals surface area contributed by atoms with Crippen molar-refractivity contribution in [3.63, 3.8) is 0 Å².